The highest BCUT2D eigenvalue weighted by molar-refractivity contribution is 7.17. The summed E-state index contributed by atoms with van der Waals surface area (Å²) in [6.45, 7) is 6.12. The Bertz CT molecular complexity index is 719. The fourth-order valence-corrected chi connectivity index (χ4v) is 3.70. The van der Waals surface area contributed by atoms with Gasteiger partial charge in [0.1, 0.15) is 18.1 Å². The number of hydrogen-bond acceptors (Lipinski definition) is 6. The molecule has 3 aromatic rings. The van der Waals surface area contributed by atoms with E-state index in [1.807, 2.05) is 12.1 Å². The number of thiazole rings is 1. The van der Waals surface area contributed by atoms with Gasteiger partial charge >= 0.3 is 0 Å². The summed E-state index contributed by atoms with van der Waals surface area (Å²) in [4.78, 5) is 8.00. The van der Waals surface area contributed by atoms with Gasteiger partial charge in [-0.25, -0.2) is 4.98 Å². The van der Waals surface area contributed by atoms with Crippen molar-refractivity contribution in [2.45, 2.75) is 32.7 Å². The van der Waals surface area contributed by atoms with Gasteiger partial charge in [-0.05, 0) is 31.6 Å². The third kappa shape index (κ3) is 2.62. The van der Waals surface area contributed by atoms with Gasteiger partial charge in [0, 0.05) is 0 Å². The van der Waals surface area contributed by atoms with Crippen LogP contribution in [0, 0.1) is 0 Å². The molecule has 0 radical (unpaired) electrons. The number of aromatic hydroxyl groups is 1. The second-order valence-electron chi connectivity index (χ2n) is 5.14. The van der Waals surface area contributed by atoms with Crippen molar-refractivity contribution in [3.63, 3.8) is 0 Å². The van der Waals surface area contributed by atoms with Crippen LogP contribution in [0.3, 0.4) is 0 Å². The second kappa shape index (κ2) is 6.50. The van der Waals surface area contributed by atoms with E-state index in [9.17, 15) is 5.11 Å². The maximum absolute atomic E-state index is 10.5. The molecule has 6 nitrogen and oxygen atoms in total. The molecule has 1 unspecified atom stereocenters. The zero-order valence-corrected chi connectivity index (χ0v) is 13.6. The van der Waals surface area contributed by atoms with E-state index in [1.54, 1.807) is 6.26 Å². The number of fused-ring (bicyclic) bond motifs is 1. The minimum Gasteiger partial charge on any atom is -0.492 e. The van der Waals surface area contributed by atoms with Crippen LogP contribution in [0.4, 0.5) is 0 Å². The van der Waals surface area contributed by atoms with Crippen molar-refractivity contribution in [1.82, 2.24) is 19.5 Å². The van der Waals surface area contributed by atoms with Crippen LogP contribution in [0.25, 0.3) is 4.96 Å². The molecule has 1 atom stereocenters. The summed E-state index contributed by atoms with van der Waals surface area (Å²) >= 11 is 1.45. The topological polar surface area (TPSA) is 66.8 Å². The number of hydrogen-bond donors (Lipinski definition) is 1. The van der Waals surface area contributed by atoms with E-state index in [4.69, 9.17) is 4.42 Å². The molecule has 0 aliphatic heterocycles. The Morgan fingerprint density at radius 2 is 2.32 bits per heavy atom. The summed E-state index contributed by atoms with van der Waals surface area (Å²) in [5.74, 6) is 0.978. The molecule has 7 heteroatoms. The Balaban J connectivity index is 2.04. The number of aromatic nitrogens is 3. The molecule has 22 heavy (non-hydrogen) atoms. The maximum Gasteiger partial charge on any atom is 0.230 e. The molecule has 0 amide bonds. The Morgan fingerprint density at radius 1 is 1.45 bits per heavy atom. The monoisotopic (exact) mass is 320 g/mol. The fourth-order valence-electron chi connectivity index (χ4n) is 2.63. The Kier molecular flexibility index (Phi) is 4.44. The lowest BCUT2D eigenvalue weighted by atomic mass is 10.1. The summed E-state index contributed by atoms with van der Waals surface area (Å²) in [7, 11) is 0. The standard InChI is InChI=1S/C15H20N4O2S/c1-3-5-8-18(4-2)12(11-7-6-9-21-11)13-14(20)19-15(22-13)16-10-17-19/h6-7,9-10,12,20H,3-5,8H2,1-2H3. The third-order valence-electron chi connectivity index (χ3n) is 3.77. The van der Waals surface area contributed by atoms with Gasteiger partial charge in [-0.2, -0.15) is 9.61 Å². The van der Waals surface area contributed by atoms with Gasteiger partial charge in [-0.3, -0.25) is 4.90 Å². The van der Waals surface area contributed by atoms with Gasteiger partial charge in [-0.15, -0.1) is 0 Å². The number of nitrogens with zero attached hydrogens (tertiary/aromatic N) is 4. The van der Waals surface area contributed by atoms with Crippen molar-refractivity contribution in [1.29, 1.82) is 0 Å². The summed E-state index contributed by atoms with van der Waals surface area (Å²) in [6, 6.07) is 3.72. The molecule has 0 aliphatic rings. The fraction of sp³-hybridized carbons (Fsp3) is 0.467. The smallest absolute Gasteiger partial charge is 0.230 e. The average Bonchev–Trinajstić information content (AvgIpc) is 3.24. The lowest BCUT2D eigenvalue weighted by molar-refractivity contribution is 0.208. The molecule has 3 aromatic heterocycles. The van der Waals surface area contributed by atoms with E-state index >= 15 is 0 Å². The predicted octanol–water partition coefficient (Wildman–Crippen LogP) is 3.30. The lowest BCUT2D eigenvalue weighted by Gasteiger charge is -2.28. The largest absolute Gasteiger partial charge is 0.492 e. The van der Waals surface area contributed by atoms with Crippen LogP contribution in [0.2, 0.25) is 0 Å². The van der Waals surface area contributed by atoms with Crippen LogP contribution in [-0.2, 0) is 0 Å². The third-order valence-corrected chi connectivity index (χ3v) is 4.86. The summed E-state index contributed by atoms with van der Waals surface area (Å²) < 4.78 is 7.12. The van der Waals surface area contributed by atoms with E-state index in [-0.39, 0.29) is 11.9 Å². The van der Waals surface area contributed by atoms with Crippen molar-refractivity contribution >= 4 is 16.3 Å². The van der Waals surface area contributed by atoms with Gasteiger partial charge in [0.15, 0.2) is 0 Å². The molecule has 3 rings (SSSR count). The van der Waals surface area contributed by atoms with Crippen LogP contribution in [0.5, 0.6) is 5.88 Å². The van der Waals surface area contributed by atoms with E-state index in [2.05, 4.69) is 28.8 Å². The number of rotatable bonds is 7. The molecule has 0 fully saturated rings. The summed E-state index contributed by atoms with van der Waals surface area (Å²) in [6.07, 6.45) is 5.35. The number of unbranched alkanes of at least 4 members (excludes halogenated alkanes) is 1. The van der Waals surface area contributed by atoms with Crippen molar-refractivity contribution in [2.75, 3.05) is 13.1 Å². The minimum atomic E-state index is -0.111. The second-order valence-corrected chi connectivity index (χ2v) is 6.15. The van der Waals surface area contributed by atoms with Crippen LogP contribution >= 0.6 is 11.3 Å². The highest BCUT2D eigenvalue weighted by Gasteiger charge is 2.30. The van der Waals surface area contributed by atoms with Crippen LogP contribution < -0.4 is 0 Å². The highest BCUT2D eigenvalue weighted by atomic mass is 32.1. The lowest BCUT2D eigenvalue weighted by Crippen LogP contribution is -2.30. The first-order valence-electron chi connectivity index (χ1n) is 7.55. The summed E-state index contributed by atoms with van der Waals surface area (Å²) in [5, 5.41) is 14.6. The van der Waals surface area contributed by atoms with Crippen molar-refractivity contribution in [3.8, 4) is 5.88 Å². The molecule has 0 aromatic carbocycles. The van der Waals surface area contributed by atoms with E-state index in [0.717, 1.165) is 36.6 Å². The normalized spacial score (nSPS) is 13.2. The first kappa shape index (κ1) is 15.1. The SMILES string of the molecule is CCCCN(CC)C(c1ccco1)c1sc2ncnn2c1O. The highest BCUT2D eigenvalue weighted by Crippen LogP contribution is 2.39. The molecule has 118 valence electrons. The van der Waals surface area contributed by atoms with Crippen molar-refractivity contribution in [2.24, 2.45) is 0 Å². The van der Waals surface area contributed by atoms with Crippen molar-refractivity contribution in [3.05, 3.63) is 35.4 Å². The van der Waals surface area contributed by atoms with Gasteiger partial charge in [-0.1, -0.05) is 31.6 Å². The van der Waals surface area contributed by atoms with Gasteiger partial charge in [0.05, 0.1) is 11.1 Å². The Labute approximate surface area is 133 Å². The Hall–Kier alpha value is -1.86. The van der Waals surface area contributed by atoms with E-state index in [1.165, 1.54) is 22.2 Å². The van der Waals surface area contributed by atoms with Gasteiger partial charge < -0.3 is 9.52 Å². The van der Waals surface area contributed by atoms with E-state index < -0.39 is 0 Å². The molecule has 0 bridgehead atoms. The molecule has 3 heterocycles. The summed E-state index contributed by atoms with van der Waals surface area (Å²) in [5.41, 5.74) is 0. The minimum absolute atomic E-state index is 0.111. The quantitative estimate of drug-likeness (QED) is 0.723. The molecular weight excluding hydrogens is 300 g/mol. The Morgan fingerprint density at radius 3 is 2.95 bits per heavy atom. The van der Waals surface area contributed by atoms with Crippen LogP contribution in [0.15, 0.2) is 29.1 Å². The molecule has 0 saturated carbocycles. The van der Waals surface area contributed by atoms with Crippen LogP contribution in [0.1, 0.15) is 43.4 Å². The zero-order chi connectivity index (χ0) is 15.5. The van der Waals surface area contributed by atoms with Crippen LogP contribution in [-0.4, -0.2) is 37.7 Å². The van der Waals surface area contributed by atoms with E-state index in [0.29, 0.717) is 4.96 Å². The molecule has 0 aliphatic carbocycles. The first-order valence-corrected chi connectivity index (χ1v) is 8.36. The molecule has 1 N–H and O–H groups in total. The maximum atomic E-state index is 10.5. The van der Waals surface area contributed by atoms with Gasteiger partial charge in [0.25, 0.3) is 0 Å². The average molecular weight is 320 g/mol. The molecular formula is C15H20N4O2S. The first-order chi connectivity index (χ1) is 10.8. The predicted molar refractivity (Wildman–Crippen MR) is 85.2 cm³/mol. The van der Waals surface area contributed by atoms with Crippen molar-refractivity contribution < 1.29 is 9.52 Å². The molecule has 0 saturated heterocycles. The number of furan rings is 1. The zero-order valence-electron chi connectivity index (χ0n) is 12.8. The molecule has 0 spiro atoms. The van der Waals surface area contributed by atoms with Gasteiger partial charge in [0.2, 0.25) is 10.8 Å².